The van der Waals surface area contributed by atoms with Gasteiger partial charge in [-0.3, -0.25) is 0 Å². The Morgan fingerprint density at radius 2 is 2.29 bits per heavy atom. The van der Waals surface area contributed by atoms with E-state index in [1.165, 1.54) is 11.3 Å². The maximum Gasteiger partial charge on any atom is 0.274 e. The Bertz CT molecular complexity index is 294. The third-order valence-electron chi connectivity index (χ3n) is 2.51. The molecule has 5 heteroatoms. The number of methoxy groups -OCH3 is 1. The van der Waals surface area contributed by atoms with Crippen LogP contribution in [0.4, 0.5) is 5.82 Å². The number of hydrogen-bond donors (Lipinski definition) is 1. The molecule has 1 aromatic rings. The second-order valence-electron chi connectivity index (χ2n) is 3.50. The van der Waals surface area contributed by atoms with Crippen LogP contribution >= 0.6 is 11.3 Å². The summed E-state index contributed by atoms with van der Waals surface area (Å²) in [5.74, 6) is 1.03. The highest BCUT2D eigenvalue weighted by Crippen LogP contribution is 2.25. The van der Waals surface area contributed by atoms with Crippen molar-refractivity contribution in [2.75, 3.05) is 25.1 Å². The topological polar surface area (TPSA) is 51.4 Å². The first-order valence-electron chi connectivity index (χ1n) is 4.79. The van der Waals surface area contributed by atoms with Gasteiger partial charge in [-0.25, -0.2) is 0 Å². The quantitative estimate of drug-likeness (QED) is 0.798. The SMILES string of the molecule is COc1nc(N2CCC(N)CC2)cs1. The van der Waals surface area contributed by atoms with Crippen molar-refractivity contribution >= 4 is 17.2 Å². The van der Waals surface area contributed by atoms with Crippen molar-refractivity contribution in [3.8, 4) is 5.19 Å². The lowest BCUT2D eigenvalue weighted by Gasteiger charge is -2.29. The molecule has 0 atom stereocenters. The number of nitrogens with two attached hydrogens (primary N) is 1. The lowest BCUT2D eigenvalue weighted by Crippen LogP contribution is -2.39. The highest BCUT2D eigenvalue weighted by Gasteiger charge is 2.18. The highest BCUT2D eigenvalue weighted by molar-refractivity contribution is 7.11. The van der Waals surface area contributed by atoms with Gasteiger partial charge in [0.2, 0.25) is 0 Å². The van der Waals surface area contributed by atoms with E-state index in [1.54, 1.807) is 7.11 Å². The van der Waals surface area contributed by atoms with Crippen molar-refractivity contribution in [1.29, 1.82) is 0 Å². The normalized spacial score (nSPS) is 18.6. The predicted molar refractivity (Wildman–Crippen MR) is 58.1 cm³/mol. The summed E-state index contributed by atoms with van der Waals surface area (Å²) >= 11 is 1.54. The summed E-state index contributed by atoms with van der Waals surface area (Å²) in [6.07, 6.45) is 2.11. The zero-order chi connectivity index (χ0) is 9.97. The fourth-order valence-electron chi connectivity index (χ4n) is 1.62. The molecule has 0 radical (unpaired) electrons. The Hall–Kier alpha value is -0.810. The molecule has 0 spiro atoms. The molecule has 0 unspecified atom stereocenters. The minimum absolute atomic E-state index is 0.367. The first kappa shape index (κ1) is 9.73. The molecular weight excluding hydrogens is 198 g/mol. The number of ether oxygens (including phenoxy) is 1. The summed E-state index contributed by atoms with van der Waals surface area (Å²) in [5, 5.41) is 2.77. The summed E-state index contributed by atoms with van der Waals surface area (Å²) in [7, 11) is 1.65. The molecule has 0 saturated carbocycles. The minimum Gasteiger partial charge on any atom is -0.473 e. The summed E-state index contributed by atoms with van der Waals surface area (Å²) in [5.41, 5.74) is 5.84. The van der Waals surface area contributed by atoms with E-state index in [9.17, 15) is 0 Å². The van der Waals surface area contributed by atoms with Crippen molar-refractivity contribution < 1.29 is 4.74 Å². The Morgan fingerprint density at radius 3 is 2.86 bits per heavy atom. The van der Waals surface area contributed by atoms with Crippen LogP contribution in [0.5, 0.6) is 5.19 Å². The van der Waals surface area contributed by atoms with Gasteiger partial charge in [0.25, 0.3) is 5.19 Å². The molecule has 2 rings (SSSR count). The van der Waals surface area contributed by atoms with Crippen molar-refractivity contribution in [2.45, 2.75) is 18.9 Å². The number of anilines is 1. The number of thiazole rings is 1. The van der Waals surface area contributed by atoms with Crippen LogP contribution in [0.25, 0.3) is 0 Å². The van der Waals surface area contributed by atoms with Crippen LogP contribution in [-0.2, 0) is 0 Å². The molecular formula is C9H15N3OS. The van der Waals surface area contributed by atoms with Crippen LogP contribution < -0.4 is 15.4 Å². The second kappa shape index (κ2) is 4.14. The Kier molecular flexibility index (Phi) is 2.88. The van der Waals surface area contributed by atoms with E-state index in [1.807, 2.05) is 5.38 Å². The number of nitrogens with zero attached hydrogens (tertiary/aromatic N) is 2. The van der Waals surface area contributed by atoms with E-state index in [2.05, 4.69) is 9.88 Å². The second-order valence-corrected chi connectivity index (χ2v) is 4.32. The van der Waals surface area contributed by atoms with E-state index < -0.39 is 0 Å². The third kappa shape index (κ3) is 1.99. The smallest absolute Gasteiger partial charge is 0.274 e. The predicted octanol–water partition coefficient (Wildman–Crippen LogP) is 1.08. The molecule has 4 nitrogen and oxygen atoms in total. The molecule has 2 heterocycles. The van der Waals surface area contributed by atoms with Gasteiger partial charge in [-0.1, -0.05) is 11.3 Å². The van der Waals surface area contributed by atoms with E-state index in [0.29, 0.717) is 6.04 Å². The van der Waals surface area contributed by atoms with E-state index in [0.717, 1.165) is 36.9 Å². The molecule has 2 N–H and O–H groups in total. The molecule has 1 aliphatic heterocycles. The number of piperidine rings is 1. The van der Waals surface area contributed by atoms with Crippen molar-refractivity contribution in [3.05, 3.63) is 5.38 Å². The zero-order valence-electron chi connectivity index (χ0n) is 8.27. The van der Waals surface area contributed by atoms with Crippen molar-refractivity contribution in [3.63, 3.8) is 0 Å². The number of rotatable bonds is 2. The van der Waals surface area contributed by atoms with Crippen LogP contribution in [0.15, 0.2) is 5.38 Å². The van der Waals surface area contributed by atoms with Gasteiger partial charge in [0.1, 0.15) is 5.82 Å². The Labute approximate surface area is 87.7 Å². The van der Waals surface area contributed by atoms with Crippen LogP contribution in [0.2, 0.25) is 0 Å². The lowest BCUT2D eigenvalue weighted by atomic mass is 10.1. The maximum absolute atomic E-state index is 5.84. The van der Waals surface area contributed by atoms with Crippen LogP contribution in [0.3, 0.4) is 0 Å². The van der Waals surface area contributed by atoms with Gasteiger partial charge in [-0.05, 0) is 12.8 Å². The summed E-state index contributed by atoms with van der Waals surface area (Å²) in [4.78, 5) is 6.63. The average molecular weight is 213 g/mol. The van der Waals surface area contributed by atoms with Crippen LogP contribution in [-0.4, -0.2) is 31.2 Å². The molecule has 78 valence electrons. The fourth-order valence-corrected chi connectivity index (χ4v) is 2.27. The van der Waals surface area contributed by atoms with Gasteiger partial charge in [-0.2, -0.15) is 4.98 Å². The van der Waals surface area contributed by atoms with Gasteiger partial charge < -0.3 is 15.4 Å². The summed E-state index contributed by atoms with van der Waals surface area (Å²) < 4.78 is 5.06. The lowest BCUT2D eigenvalue weighted by molar-refractivity contribution is 0.411. The molecule has 1 fully saturated rings. The first-order chi connectivity index (χ1) is 6.79. The largest absolute Gasteiger partial charge is 0.473 e. The molecule has 0 aliphatic carbocycles. The minimum atomic E-state index is 0.367. The molecule has 0 bridgehead atoms. The van der Waals surface area contributed by atoms with Crippen LogP contribution in [0, 0.1) is 0 Å². The van der Waals surface area contributed by atoms with Gasteiger partial charge in [0.15, 0.2) is 0 Å². The molecule has 1 saturated heterocycles. The molecule has 14 heavy (non-hydrogen) atoms. The first-order valence-corrected chi connectivity index (χ1v) is 5.67. The highest BCUT2D eigenvalue weighted by atomic mass is 32.1. The number of aromatic nitrogens is 1. The Balaban J connectivity index is 2.01. The zero-order valence-corrected chi connectivity index (χ0v) is 9.09. The van der Waals surface area contributed by atoms with Gasteiger partial charge in [-0.15, -0.1) is 0 Å². The standard InChI is InChI=1S/C9H15N3OS/c1-13-9-11-8(6-14-9)12-4-2-7(10)3-5-12/h6-7H,2-5,10H2,1H3. The van der Waals surface area contributed by atoms with Gasteiger partial charge in [0, 0.05) is 24.5 Å². The molecule has 1 aliphatic rings. The van der Waals surface area contributed by atoms with Crippen molar-refractivity contribution in [1.82, 2.24) is 4.98 Å². The van der Waals surface area contributed by atoms with Gasteiger partial charge in [0.05, 0.1) is 7.11 Å². The van der Waals surface area contributed by atoms with Crippen LogP contribution in [0.1, 0.15) is 12.8 Å². The summed E-state index contributed by atoms with van der Waals surface area (Å²) in [6.45, 7) is 2.02. The fraction of sp³-hybridized carbons (Fsp3) is 0.667. The third-order valence-corrected chi connectivity index (χ3v) is 3.30. The average Bonchev–Trinajstić information content (AvgIpc) is 2.67. The Morgan fingerprint density at radius 1 is 1.57 bits per heavy atom. The molecule has 0 amide bonds. The summed E-state index contributed by atoms with van der Waals surface area (Å²) in [6, 6.07) is 0.367. The molecule has 1 aromatic heterocycles. The van der Waals surface area contributed by atoms with E-state index >= 15 is 0 Å². The number of hydrogen-bond acceptors (Lipinski definition) is 5. The van der Waals surface area contributed by atoms with Crippen molar-refractivity contribution in [2.24, 2.45) is 5.73 Å². The van der Waals surface area contributed by atoms with Gasteiger partial charge >= 0.3 is 0 Å². The van der Waals surface area contributed by atoms with E-state index in [-0.39, 0.29) is 0 Å². The molecule has 0 aromatic carbocycles. The monoisotopic (exact) mass is 213 g/mol. The van der Waals surface area contributed by atoms with E-state index in [4.69, 9.17) is 10.5 Å². The maximum atomic E-state index is 5.84.